The predicted molar refractivity (Wildman–Crippen MR) is 73.8 cm³/mol. The molecule has 4 heteroatoms. The van der Waals surface area contributed by atoms with Crippen LogP contribution in [0, 0.1) is 20.8 Å². The van der Waals surface area contributed by atoms with E-state index in [1.807, 2.05) is 17.8 Å². The zero-order valence-corrected chi connectivity index (χ0v) is 11.5. The van der Waals surface area contributed by atoms with Gasteiger partial charge in [0.1, 0.15) is 5.75 Å². The molecule has 1 aromatic carbocycles. The van der Waals surface area contributed by atoms with E-state index in [2.05, 4.69) is 31.8 Å². The Hall–Kier alpha value is -1.97. The molecule has 2 rings (SSSR count). The molecular weight excluding hydrogens is 226 g/mol. The largest absolute Gasteiger partial charge is 0.496 e. The van der Waals surface area contributed by atoms with E-state index in [-0.39, 0.29) is 0 Å². The van der Waals surface area contributed by atoms with E-state index in [4.69, 9.17) is 10.5 Å². The number of hydrogen-bond acceptors (Lipinski definition) is 3. The number of hydrogen-bond donors (Lipinski definition) is 1. The molecule has 0 fully saturated rings. The zero-order valence-electron chi connectivity index (χ0n) is 11.5. The molecule has 2 aromatic rings. The van der Waals surface area contributed by atoms with Crippen molar-refractivity contribution in [1.29, 1.82) is 0 Å². The van der Waals surface area contributed by atoms with Gasteiger partial charge in [0.2, 0.25) is 0 Å². The number of methoxy groups -OCH3 is 1. The van der Waals surface area contributed by atoms with Crippen molar-refractivity contribution in [3.05, 3.63) is 29.0 Å². The number of aromatic nitrogens is 2. The van der Waals surface area contributed by atoms with Gasteiger partial charge in [-0.15, -0.1) is 0 Å². The molecule has 0 aliphatic heterocycles. The molecule has 1 aromatic heterocycles. The second-order valence-corrected chi connectivity index (χ2v) is 4.58. The zero-order chi connectivity index (χ0) is 13.4. The van der Waals surface area contributed by atoms with Crippen LogP contribution in [0.1, 0.15) is 16.7 Å². The van der Waals surface area contributed by atoms with Crippen LogP contribution < -0.4 is 10.5 Å². The van der Waals surface area contributed by atoms with Crippen molar-refractivity contribution in [2.24, 2.45) is 7.05 Å². The number of ether oxygens (including phenoxy) is 1. The monoisotopic (exact) mass is 245 g/mol. The fourth-order valence-electron chi connectivity index (χ4n) is 2.31. The lowest BCUT2D eigenvalue weighted by Gasteiger charge is -2.16. The maximum Gasteiger partial charge on any atom is 0.200 e. The van der Waals surface area contributed by atoms with E-state index in [1.165, 1.54) is 5.56 Å². The smallest absolute Gasteiger partial charge is 0.200 e. The van der Waals surface area contributed by atoms with Crippen molar-refractivity contribution in [2.45, 2.75) is 20.8 Å². The summed E-state index contributed by atoms with van der Waals surface area (Å²) in [5.74, 6) is 1.47. The van der Waals surface area contributed by atoms with E-state index in [9.17, 15) is 0 Å². The summed E-state index contributed by atoms with van der Waals surface area (Å²) in [7, 11) is 3.63. The molecule has 0 aliphatic rings. The minimum atomic E-state index is 0.524. The summed E-state index contributed by atoms with van der Waals surface area (Å²) < 4.78 is 7.33. The van der Waals surface area contributed by atoms with Crippen LogP contribution in [0.3, 0.4) is 0 Å². The van der Waals surface area contributed by atoms with Gasteiger partial charge >= 0.3 is 0 Å². The predicted octanol–water partition coefficient (Wildman–Crippen LogP) is 2.60. The number of aryl methyl sites for hydroxylation is 1. The number of benzene rings is 1. The lowest BCUT2D eigenvalue weighted by molar-refractivity contribution is 0.408. The Labute approximate surface area is 107 Å². The molecule has 0 spiro atoms. The van der Waals surface area contributed by atoms with E-state index in [0.717, 1.165) is 28.1 Å². The number of nitrogen functional groups attached to an aromatic ring is 1. The SMILES string of the molecule is COc1c(C)cc(-c2cnc(N)n2C)c(C)c1C. The van der Waals surface area contributed by atoms with E-state index in [1.54, 1.807) is 7.11 Å². The third-order valence-electron chi connectivity index (χ3n) is 3.53. The highest BCUT2D eigenvalue weighted by Gasteiger charge is 2.14. The normalized spacial score (nSPS) is 10.7. The van der Waals surface area contributed by atoms with Gasteiger partial charge in [-0.3, -0.25) is 0 Å². The Morgan fingerprint density at radius 3 is 2.39 bits per heavy atom. The molecule has 18 heavy (non-hydrogen) atoms. The minimum Gasteiger partial charge on any atom is -0.496 e. The van der Waals surface area contributed by atoms with Crippen molar-refractivity contribution in [3.63, 3.8) is 0 Å². The van der Waals surface area contributed by atoms with Gasteiger partial charge in [-0.2, -0.15) is 0 Å². The number of rotatable bonds is 2. The van der Waals surface area contributed by atoms with Gasteiger partial charge < -0.3 is 15.0 Å². The van der Waals surface area contributed by atoms with E-state index >= 15 is 0 Å². The van der Waals surface area contributed by atoms with Crippen LogP contribution in [0.25, 0.3) is 11.3 Å². The summed E-state index contributed by atoms with van der Waals surface area (Å²) in [6.45, 7) is 6.22. The number of imidazole rings is 1. The van der Waals surface area contributed by atoms with Crippen LogP contribution >= 0.6 is 0 Å². The van der Waals surface area contributed by atoms with Crippen LogP contribution in [-0.4, -0.2) is 16.7 Å². The topological polar surface area (TPSA) is 53.1 Å². The third-order valence-corrected chi connectivity index (χ3v) is 3.53. The van der Waals surface area contributed by atoms with Crippen LogP contribution in [0.15, 0.2) is 12.3 Å². The molecule has 0 bridgehead atoms. The van der Waals surface area contributed by atoms with Gasteiger partial charge in [-0.1, -0.05) is 0 Å². The van der Waals surface area contributed by atoms with Gasteiger partial charge in [-0.05, 0) is 43.5 Å². The number of nitrogens with two attached hydrogens (primary N) is 1. The molecule has 0 unspecified atom stereocenters. The number of nitrogens with zero attached hydrogens (tertiary/aromatic N) is 2. The molecule has 2 N–H and O–H groups in total. The first-order valence-electron chi connectivity index (χ1n) is 5.89. The van der Waals surface area contributed by atoms with Crippen molar-refractivity contribution in [3.8, 4) is 17.0 Å². The van der Waals surface area contributed by atoms with Gasteiger partial charge in [0, 0.05) is 12.6 Å². The first-order chi connectivity index (χ1) is 8.47. The Kier molecular flexibility index (Phi) is 3.03. The highest BCUT2D eigenvalue weighted by Crippen LogP contribution is 2.34. The second kappa shape index (κ2) is 4.37. The van der Waals surface area contributed by atoms with Crippen LogP contribution in [0.2, 0.25) is 0 Å². The second-order valence-electron chi connectivity index (χ2n) is 4.58. The van der Waals surface area contributed by atoms with Gasteiger partial charge in [0.05, 0.1) is 19.0 Å². The standard InChI is InChI=1S/C14H19N3O/c1-8-6-11(9(2)10(3)13(8)18-5)12-7-16-14(15)17(12)4/h6-7H,1-5H3,(H2,15,16). The molecule has 96 valence electrons. The first-order valence-corrected chi connectivity index (χ1v) is 5.89. The lowest BCUT2D eigenvalue weighted by atomic mass is 9.97. The molecule has 1 heterocycles. The summed E-state index contributed by atoms with van der Waals surface area (Å²) in [6, 6.07) is 2.12. The van der Waals surface area contributed by atoms with Crippen molar-refractivity contribution < 1.29 is 4.74 Å². The number of anilines is 1. The van der Waals surface area contributed by atoms with E-state index < -0.39 is 0 Å². The maximum atomic E-state index is 5.79. The Morgan fingerprint density at radius 2 is 1.89 bits per heavy atom. The van der Waals surface area contributed by atoms with Gasteiger partial charge in [0.25, 0.3) is 0 Å². The van der Waals surface area contributed by atoms with Crippen molar-refractivity contribution >= 4 is 5.95 Å². The van der Waals surface area contributed by atoms with Crippen LogP contribution in [-0.2, 0) is 7.05 Å². The van der Waals surface area contributed by atoms with E-state index in [0.29, 0.717) is 5.95 Å². The highest BCUT2D eigenvalue weighted by molar-refractivity contribution is 5.70. The molecule has 0 amide bonds. The summed E-state index contributed by atoms with van der Waals surface area (Å²) in [5.41, 5.74) is 11.4. The minimum absolute atomic E-state index is 0.524. The molecular formula is C14H19N3O. The van der Waals surface area contributed by atoms with Crippen molar-refractivity contribution in [1.82, 2.24) is 9.55 Å². The van der Waals surface area contributed by atoms with Gasteiger partial charge in [-0.25, -0.2) is 4.98 Å². The molecule has 0 aliphatic carbocycles. The van der Waals surface area contributed by atoms with Crippen LogP contribution in [0.5, 0.6) is 5.75 Å². The summed E-state index contributed by atoms with van der Waals surface area (Å²) in [4.78, 5) is 4.15. The molecule has 0 saturated heterocycles. The highest BCUT2D eigenvalue weighted by atomic mass is 16.5. The molecule has 0 saturated carbocycles. The average molecular weight is 245 g/mol. The fourth-order valence-corrected chi connectivity index (χ4v) is 2.31. The Morgan fingerprint density at radius 1 is 1.22 bits per heavy atom. The Bertz CT molecular complexity index is 600. The maximum absolute atomic E-state index is 5.79. The fraction of sp³-hybridized carbons (Fsp3) is 0.357. The summed E-state index contributed by atoms with van der Waals surface area (Å²) >= 11 is 0. The molecule has 0 atom stereocenters. The summed E-state index contributed by atoms with van der Waals surface area (Å²) in [5, 5.41) is 0. The first kappa shape index (κ1) is 12.5. The average Bonchev–Trinajstić information content (AvgIpc) is 2.66. The lowest BCUT2D eigenvalue weighted by Crippen LogP contribution is -2.01. The quantitative estimate of drug-likeness (QED) is 0.884. The van der Waals surface area contributed by atoms with Crippen LogP contribution in [0.4, 0.5) is 5.95 Å². The van der Waals surface area contributed by atoms with Gasteiger partial charge in [0.15, 0.2) is 5.95 Å². The molecule has 4 nitrogen and oxygen atoms in total. The van der Waals surface area contributed by atoms with Crippen molar-refractivity contribution in [2.75, 3.05) is 12.8 Å². The third kappa shape index (κ3) is 1.74. The summed E-state index contributed by atoms with van der Waals surface area (Å²) in [6.07, 6.45) is 1.81. The molecule has 0 radical (unpaired) electrons. The Balaban J connectivity index is 2.70.